The van der Waals surface area contributed by atoms with Gasteiger partial charge in [0.05, 0.1) is 12.3 Å². The van der Waals surface area contributed by atoms with Gasteiger partial charge in [0, 0.05) is 24.7 Å². The summed E-state index contributed by atoms with van der Waals surface area (Å²) in [5.74, 6) is 0.717. The number of rotatable bonds is 9. The van der Waals surface area contributed by atoms with E-state index in [-0.39, 0.29) is 17.5 Å². The number of hydrogen-bond donors (Lipinski definition) is 0. The summed E-state index contributed by atoms with van der Waals surface area (Å²) in [5.41, 5.74) is 0.792. The normalized spacial score (nSPS) is 16.7. The van der Waals surface area contributed by atoms with E-state index in [4.69, 9.17) is 9.47 Å². The second kappa shape index (κ2) is 10.4. The van der Waals surface area contributed by atoms with E-state index in [9.17, 15) is 9.59 Å². The molecule has 2 heterocycles. The molecule has 2 aromatic rings. The number of hydrogen-bond acceptors (Lipinski definition) is 4. The molecule has 1 aromatic heterocycles. The van der Waals surface area contributed by atoms with Crippen molar-refractivity contribution in [2.24, 2.45) is 0 Å². The SMILES string of the molecule is CCCCCCCn1c(=O)c(C)cn(-c2ccc(OC3CCCCO3)cc2)c1=O. The Morgan fingerprint density at radius 1 is 1.07 bits per heavy atom. The van der Waals surface area contributed by atoms with Gasteiger partial charge >= 0.3 is 5.69 Å². The fourth-order valence-corrected chi connectivity index (χ4v) is 3.63. The number of benzene rings is 1. The third-order valence-electron chi connectivity index (χ3n) is 5.35. The summed E-state index contributed by atoms with van der Waals surface area (Å²) in [6.07, 6.45) is 9.87. The van der Waals surface area contributed by atoms with E-state index < -0.39 is 0 Å². The van der Waals surface area contributed by atoms with E-state index in [0.717, 1.165) is 56.6 Å². The minimum Gasteiger partial charge on any atom is -0.465 e. The van der Waals surface area contributed by atoms with Crippen LogP contribution in [-0.4, -0.2) is 22.0 Å². The van der Waals surface area contributed by atoms with Crippen LogP contribution in [0.2, 0.25) is 0 Å². The zero-order valence-electron chi connectivity index (χ0n) is 17.6. The average molecular weight is 401 g/mol. The van der Waals surface area contributed by atoms with Crippen molar-refractivity contribution >= 4 is 0 Å². The van der Waals surface area contributed by atoms with Gasteiger partial charge < -0.3 is 9.47 Å². The number of nitrogens with zero attached hydrogens (tertiary/aromatic N) is 2. The molecule has 1 unspecified atom stereocenters. The van der Waals surface area contributed by atoms with Crippen molar-refractivity contribution in [1.82, 2.24) is 9.13 Å². The highest BCUT2D eigenvalue weighted by Crippen LogP contribution is 2.20. The number of aromatic nitrogens is 2. The van der Waals surface area contributed by atoms with Crippen LogP contribution in [0.3, 0.4) is 0 Å². The summed E-state index contributed by atoms with van der Waals surface area (Å²) in [5, 5.41) is 0. The predicted molar refractivity (Wildman–Crippen MR) is 114 cm³/mol. The highest BCUT2D eigenvalue weighted by molar-refractivity contribution is 5.37. The fourth-order valence-electron chi connectivity index (χ4n) is 3.63. The first kappa shape index (κ1) is 21.4. The van der Waals surface area contributed by atoms with Crippen molar-refractivity contribution < 1.29 is 9.47 Å². The molecule has 6 nitrogen and oxygen atoms in total. The van der Waals surface area contributed by atoms with Crippen molar-refractivity contribution in [3.63, 3.8) is 0 Å². The molecule has 6 heteroatoms. The van der Waals surface area contributed by atoms with E-state index in [1.807, 2.05) is 24.3 Å². The molecule has 0 N–H and O–H groups in total. The Balaban J connectivity index is 1.75. The van der Waals surface area contributed by atoms with Crippen LogP contribution in [0.4, 0.5) is 0 Å². The van der Waals surface area contributed by atoms with Gasteiger partial charge in [0.2, 0.25) is 0 Å². The summed E-state index contributed by atoms with van der Waals surface area (Å²) in [7, 11) is 0. The lowest BCUT2D eigenvalue weighted by Gasteiger charge is -2.23. The second-order valence-electron chi connectivity index (χ2n) is 7.74. The fraction of sp³-hybridized carbons (Fsp3) is 0.565. The van der Waals surface area contributed by atoms with E-state index in [0.29, 0.717) is 12.1 Å². The molecule has 1 aliphatic rings. The van der Waals surface area contributed by atoms with Crippen LogP contribution in [0.25, 0.3) is 5.69 Å². The second-order valence-corrected chi connectivity index (χ2v) is 7.74. The van der Waals surface area contributed by atoms with Gasteiger partial charge in [-0.3, -0.25) is 13.9 Å². The molecule has 29 heavy (non-hydrogen) atoms. The molecule has 0 radical (unpaired) electrons. The molecule has 3 rings (SSSR count). The Labute approximate surface area is 172 Å². The van der Waals surface area contributed by atoms with Crippen molar-refractivity contribution in [1.29, 1.82) is 0 Å². The molecule has 1 aromatic carbocycles. The molecule has 1 atom stereocenters. The number of ether oxygens (including phenoxy) is 2. The lowest BCUT2D eigenvalue weighted by molar-refractivity contribution is -0.105. The van der Waals surface area contributed by atoms with E-state index in [1.54, 1.807) is 17.7 Å². The maximum atomic E-state index is 12.9. The monoisotopic (exact) mass is 400 g/mol. The van der Waals surface area contributed by atoms with Crippen molar-refractivity contribution in [2.75, 3.05) is 6.61 Å². The first-order valence-corrected chi connectivity index (χ1v) is 10.8. The van der Waals surface area contributed by atoms with E-state index in [1.165, 1.54) is 17.4 Å². The highest BCUT2D eigenvalue weighted by atomic mass is 16.7. The minimum absolute atomic E-state index is 0.198. The predicted octanol–water partition coefficient (Wildman–Crippen LogP) is 4.18. The molecule has 1 aliphatic heterocycles. The van der Waals surface area contributed by atoms with Crippen molar-refractivity contribution in [3.05, 3.63) is 56.9 Å². The smallest absolute Gasteiger partial charge is 0.335 e. The summed E-state index contributed by atoms with van der Waals surface area (Å²) in [6.45, 7) is 5.12. The summed E-state index contributed by atoms with van der Waals surface area (Å²) < 4.78 is 14.4. The Kier molecular flexibility index (Phi) is 7.69. The first-order chi connectivity index (χ1) is 14.1. The molecule has 0 saturated carbocycles. The van der Waals surface area contributed by atoms with Gasteiger partial charge in [-0.2, -0.15) is 0 Å². The van der Waals surface area contributed by atoms with Crippen molar-refractivity contribution in [2.45, 2.75) is 78.0 Å². The third-order valence-corrected chi connectivity index (χ3v) is 5.35. The molecular weight excluding hydrogens is 368 g/mol. The Hall–Kier alpha value is -2.34. The van der Waals surface area contributed by atoms with Gasteiger partial charge in [-0.15, -0.1) is 0 Å². The Bertz CT molecular complexity index is 893. The number of unbranched alkanes of at least 4 members (excludes halogenated alkanes) is 4. The Morgan fingerprint density at radius 2 is 1.83 bits per heavy atom. The van der Waals surface area contributed by atoms with Gasteiger partial charge in [0.15, 0.2) is 6.29 Å². The maximum absolute atomic E-state index is 12.9. The highest BCUT2D eigenvalue weighted by Gasteiger charge is 2.15. The standard InChI is InChI=1S/C23H32N2O4/c1-3-4-5-6-8-15-24-22(26)18(2)17-25(23(24)27)19-11-13-20(14-12-19)29-21-10-7-9-16-28-21/h11-14,17,21H,3-10,15-16H2,1-2H3. The van der Waals surface area contributed by atoms with Gasteiger partial charge in [-0.25, -0.2) is 4.79 Å². The van der Waals surface area contributed by atoms with Gasteiger partial charge in [-0.05, 0) is 50.5 Å². The van der Waals surface area contributed by atoms with Crippen LogP contribution >= 0.6 is 0 Å². The van der Waals surface area contributed by atoms with Crippen LogP contribution in [0.1, 0.15) is 63.9 Å². The lowest BCUT2D eigenvalue weighted by atomic mass is 10.1. The quantitative estimate of drug-likeness (QED) is 0.592. The molecule has 0 aliphatic carbocycles. The first-order valence-electron chi connectivity index (χ1n) is 10.8. The summed E-state index contributed by atoms with van der Waals surface area (Å²) in [4.78, 5) is 25.4. The maximum Gasteiger partial charge on any atom is 0.335 e. The lowest BCUT2D eigenvalue weighted by Crippen LogP contribution is -2.40. The van der Waals surface area contributed by atoms with E-state index in [2.05, 4.69) is 6.92 Å². The molecule has 0 spiro atoms. The molecular formula is C23H32N2O4. The van der Waals surface area contributed by atoms with Crippen LogP contribution in [0.5, 0.6) is 5.75 Å². The summed E-state index contributed by atoms with van der Waals surface area (Å²) in [6, 6.07) is 7.37. The minimum atomic E-state index is -0.291. The van der Waals surface area contributed by atoms with Gasteiger partial charge in [0.25, 0.3) is 5.56 Å². The molecule has 1 fully saturated rings. The number of aryl methyl sites for hydroxylation is 1. The van der Waals surface area contributed by atoms with Crippen LogP contribution in [0, 0.1) is 6.92 Å². The van der Waals surface area contributed by atoms with Crippen LogP contribution in [0.15, 0.2) is 40.1 Å². The molecule has 0 amide bonds. The van der Waals surface area contributed by atoms with Crippen molar-refractivity contribution in [3.8, 4) is 11.4 Å². The average Bonchev–Trinajstić information content (AvgIpc) is 2.74. The van der Waals surface area contributed by atoms with Gasteiger partial charge in [-0.1, -0.05) is 32.6 Å². The van der Waals surface area contributed by atoms with E-state index >= 15 is 0 Å². The summed E-state index contributed by atoms with van der Waals surface area (Å²) >= 11 is 0. The van der Waals surface area contributed by atoms with Gasteiger partial charge in [0.1, 0.15) is 5.75 Å². The van der Waals surface area contributed by atoms with Crippen LogP contribution in [-0.2, 0) is 11.3 Å². The molecule has 0 bridgehead atoms. The molecule has 158 valence electrons. The third kappa shape index (κ3) is 5.60. The zero-order chi connectivity index (χ0) is 20.6. The Morgan fingerprint density at radius 3 is 2.52 bits per heavy atom. The largest absolute Gasteiger partial charge is 0.465 e. The molecule has 1 saturated heterocycles. The topological polar surface area (TPSA) is 62.5 Å². The zero-order valence-corrected chi connectivity index (χ0v) is 17.6. The van der Waals surface area contributed by atoms with Crippen LogP contribution < -0.4 is 16.0 Å².